The van der Waals surface area contributed by atoms with Gasteiger partial charge < -0.3 is 4.90 Å². The Hall–Kier alpha value is -2.95. The topological polar surface area (TPSA) is 61.9 Å². The number of hydrogen-bond acceptors (Lipinski definition) is 3. The number of likely N-dealkylation sites (tertiary alicyclic amines) is 1. The summed E-state index contributed by atoms with van der Waals surface area (Å²) in [6.45, 7) is 0.791. The number of H-pyrrole nitrogens is 1. The molecule has 1 amide bonds. The Balaban J connectivity index is 1.43. The van der Waals surface area contributed by atoms with Crippen LogP contribution in [0.1, 0.15) is 49.5 Å². The second-order valence-corrected chi connectivity index (χ2v) is 7.87. The molecular formula is C23H24N4O. The summed E-state index contributed by atoms with van der Waals surface area (Å²) in [4.78, 5) is 20.4. The second-order valence-electron chi connectivity index (χ2n) is 7.87. The van der Waals surface area contributed by atoms with E-state index in [2.05, 4.69) is 27.2 Å². The Labute approximate surface area is 164 Å². The molecule has 1 aliphatic heterocycles. The van der Waals surface area contributed by atoms with Crippen molar-refractivity contribution in [3.63, 3.8) is 0 Å². The molecule has 1 aromatic heterocycles. The van der Waals surface area contributed by atoms with E-state index in [1.54, 1.807) is 0 Å². The first-order valence-corrected chi connectivity index (χ1v) is 10.1. The SMILES string of the molecule is O=C(N1CCCCC1c1nc(-c2ccccc2)n[nH]1)C1(c2ccccc2)CC1. The normalized spacial score (nSPS) is 20.7. The Morgan fingerprint density at radius 3 is 2.43 bits per heavy atom. The number of piperidine rings is 1. The minimum atomic E-state index is -0.334. The number of benzene rings is 2. The van der Waals surface area contributed by atoms with E-state index in [9.17, 15) is 4.79 Å². The summed E-state index contributed by atoms with van der Waals surface area (Å²) in [5.74, 6) is 1.74. The molecule has 2 aliphatic rings. The lowest BCUT2D eigenvalue weighted by Gasteiger charge is -2.37. The smallest absolute Gasteiger partial charge is 0.233 e. The molecule has 1 saturated carbocycles. The van der Waals surface area contributed by atoms with Gasteiger partial charge in [0.2, 0.25) is 5.91 Å². The summed E-state index contributed by atoms with van der Waals surface area (Å²) in [6, 6.07) is 20.2. The Bertz CT molecular complexity index is 963. The number of carbonyl (C=O) groups excluding carboxylic acids is 1. The molecule has 1 N–H and O–H groups in total. The predicted molar refractivity (Wildman–Crippen MR) is 107 cm³/mol. The third kappa shape index (κ3) is 2.91. The van der Waals surface area contributed by atoms with Crippen molar-refractivity contribution in [3.05, 3.63) is 72.1 Å². The van der Waals surface area contributed by atoms with E-state index < -0.39 is 0 Å². The number of aromatic amines is 1. The van der Waals surface area contributed by atoms with Crippen molar-refractivity contribution in [1.82, 2.24) is 20.1 Å². The van der Waals surface area contributed by atoms with Crippen LogP contribution in [0.4, 0.5) is 0 Å². The molecule has 0 radical (unpaired) electrons. The first-order valence-electron chi connectivity index (χ1n) is 10.1. The molecule has 142 valence electrons. The third-order valence-electron chi connectivity index (χ3n) is 6.10. The molecule has 5 nitrogen and oxygen atoms in total. The molecule has 28 heavy (non-hydrogen) atoms. The van der Waals surface area contributed by atoms with Crippen molar-refractivity contribution in [3.8, 4) is 11.4 Å². The Morgan fingerprint density at radius 2 is 1.71 bits per heavy atom. The van der Waals surface area contributed by atoms with E-state index in [0.29, 0.717) is 5.82 Å². The fraction of sp³-hybridized carbons (Fsp3) is 0.348. The highest BCUT2D eigenvalue weighted by atomic mass is 16.2. The first-order chi connectivity index (χ1) is 13.8. The monoisotopic (exact) mass is 372 g/mol. The van der Waals surface area contributed by atoms with Gasteiger partial charge in [0.1, 0.15) is 5.82 Å². The molecule has 5 rings (SSSR count). The molecular weight excluding hydrogens is 348 g/mol. The predicted octanol–water partition coefficient (Wildman–Crippen LogP) is 4.26. The number of amides is 1. The first kappa shape index (κ1) is 17.2. The minimum absolute atomic E-state index is 0.0209. The van der Waals surface area contributed by atoms with Crippen LogP contribution in [0.25, 0.3) is 11.4 Å². The number of aromatic nitrogens is 3. The van der Waals surface area contributed by atoms with Gasteiger partial charge in [0.25, 0.3) is 0 Å². The largest absolute Gasteiger partial charge is 0.332 e. The van der Waals surface area contributed by atoms with E-state index in [4.69, 9.17) is 4.98 Å². The molecule has 0 spiro atoms. The molecule has 1 saturated heterocycles. The van der Waals surface area contributed by atoms with Crippen LogP contribution >= 0.6 is 0 Å². The molecule has 1 unspecified atom stereocenters. The van der Waals surface area contributed by atoms with Gasteiger partial charge in [-0.1, -0.05) is 60.7 Å². The standard InChI is InChI=1S/C23H24N4O/c28-22(23(14-15-23)18-11-5-2-6-12-18)27-16-8-7-13-19(27)21-24-20(25-26-21)17-9-3-1-4-10-17/h1-6,9-12,19H,7-8,13-16H2,(H,24,25,26). The average Bonchev–Trinajstić information content (AvgIpc) is 3.44. The number of carbonyl (C=O) groups is 1. The van der Waals surface area contributed by atoms with Crippen LogP contribution in [0.2, 0.25) is 0 Å². The van der Waals surface area contributed by atoms with Gasteiger partial charge in [0.15, 0.2) is 5.82 Å². The fourth-order valence-corrected chi connectivity index (χ4v) is 4.38. The minimum Gasteiger partial charge on any atom is -0.332 e. The molecule has 1 atom stereocenters. The summed E-state index contributed by atoms with van der Waals surface area (Å²) >= 11 is 0. The molecule has 2 aromatic carbocycles. The fourth-order valence-electron chi connectivity index (χ4n) is 4.38. The van der Waals surface area contributed by atoms with E-state index in [1.165, 1.54) is 0 Å². The van der Waals surface area contributed by atoms with Crippen LogP contribution in [0.3, 0.4) is 0 Å². The van der Waals surface area contributed by atoms with Gasteiger partial charge in [0, 0.05) is 12.1 Å². The van der Waals surface area contributed by atoms with Gasteiger partial charge in [-0.25, -0.2) is 4.98 Å². The van der Waals surface area contributed by atoms with Gasteiger partial charge in [-0.15, -0.1) is 0 Å². The Morgan fingerprint density at radius 1 is 1.00 bits per heavy atom. The lowest BCUT2D eigenvalue weighted by molar-refractivity contribution is -0.138. The molecule has 5 heteroatoms. The van der Waals surface area contributed by atoms with E-state index >= 15 is 0 Å². The van der Waals surface area contributed by atoms with Crippen molar-refractivity contribution in [1.29, 1.82) is 0 Å². The Kier molecular flexibility index (Phi) is 4.23. The highest BCUT2D eigenvalue weighted by molar-refractivity contribution is 5.91. The summed E-state index contributed by atoms with van der Waals surface area (Å²) in [5, 5.41) is 7.53. The summed E-state index contributed by atoms with van der Waals surface area (Å²) in [7, 11) is 0. The van der Waals surface area contributed by atoms with Crippen LogP contribution in [-0.4, -0.2) is 32.5 Å². The van der Waals surface area contributed by atoms with Crippen molar-refractivity contribution in [2.75, 3.05) is 6.54 Å². The average molecular weight is 372 g/mol. The molecule has 2 fully saturated rings. The molecule has 2 heterocycles. The van der Waals surface area contributed by atoms with Crippen molar-refractivity contribution in [2.45, 2.75) is 43.6 Å². The molecule has 1 aliphatic carbocycles. The van der Waals surface area contributed by atoms with E-state index in [-0.39, 0.29) is 17.4 Å². The zero-order valence-corrected chi connectivity index (χ0v) is 15.8. The maximum atomic E-state index is 13.6. The summed E-state index contributed by atoms with van der Waals surface area (Å²) < 4.78 is 0. The van der Waals surface area contributed by atoms with Gasteiger partial charge in [-0.2, -0.15) is 5.10 Å². The highest BCUT2D eigenvalue weighted by Crippen LogP contribution is 2.51. The second kappa shape index (κ2) is 6.89. The quantitative estimate of drug-likeness (QED) is 0.744. The molecule has 0 bridgehead atoms. The lowest BCUT2D eigenvalue weighted by Crippen LogP contribution is -2.44. The number of hydrogen-bond donors (Lipinski definition) is 1. The lowest BCUT2D eigenvalue weighted by atomic mass is 9.91. The van der Waals surface area contributed by atoms with Crippen molar-refractivity contribution >= 4 is 5.91 Å². The van der Waals surface area contributed by atoms with Crippen molar-refractivity contribution < 1.29 is 4.79 Å². The number of nitrogens with zero attached hydrogens (tertiary/aromatic N) is 3. The summed E-state index contributed by atoms with van der Waals surface area (Å²) in [6.07, 6.45) is 4.95. The third-order valence-corrected chi connectivity index (χ3v) is 6.10. The van der Waals surface area contributed by atoms with Crippen LogP contribution in [0, 0.1) is 0 Å². The van der Waals surface area contributed by atoms with Gasteiger partial charge >= 0.3 is 0 Å². The van der Waals surface area contributed by atoms with Crippen LogP contribution < -0.4 is 0 Å². The maximum absolute atomic E-state index is 13.6. The van der Waals surface area contributed by atoms with Crippen LogP contribution in [0.15, 0.2) is 60.7 Å². The zero-order chi connectivity index (χ0) is 19.0. The highest BCUT2D eigenvalue weighted by Gasteiger charge is 2.54. The van der Waals surface area contributed by atoms with E-state index in [0.717, 1.165) is 55.6 Å². The van der Waals surface area contributed by atoms with Crippen molar-refractivity contribution in [2.24, 2.45) is 0 Å². The van der Waals surface area contributed by atoms with Gasteiger partial charge in [0.05, 0.1) is 11.5 Å². The van der Waals surface area contributed by atoms with Crippen LogP contribution in [0.5, 0.6) is 0 Å². The van der Waals surface area contributed by atoms with Crippen LogP contribution in [-0.2, 0) is 10.2 Å². The number of nitrogens with one attached hydrogen (secondary N) is 1. The van der Waals surface area contributed by atoms with E-state index in [1.807, 2.05) is 48.5 Å². The maximum Gasteiger partial charge on any atom is 0.233 e. The number of rotatable bonds is 4. The van der Waals surface area contributed by atoms with Gasteiger partial charge in [-0.05, 0) is 37.7 Å². The van der Waals surface area contributed by atoms with Gasteiger partial charge in [-0.3, -0.25) is 9.89 Å². The summed E-state index contributed by atoms with van der Waals surface area (Å²) in [5.41, 5.74) is 1.80. The zero-order valence-electron chi connectivity index (χ0n) is 15.8. The molecule has 3 aromatic rings.